The number of piperazine rings is 1. The molecule has 1 saturated heterocycles. The van der Waals surface area contributed by atoms with Crippen LogP contribution >= 0.6 is 0 Å². The van der Waals surface area contributed by atoms with E-state index in [1.54, 1.807) is 6.92 Å². The van der Waals surface area contributed by atoms with Crippen LogP contribution in [0.4, 0.5) is 17.1 Å². The number of hydrogen-bond donors (Lipinski definition) is 0. The Bertz CT molecular complexity index is 799. The average molecular weight is 364 g/mol. The van der Waals surface area contributed by atoms with E-state index in [4.69, 9.17) is 0 Å². The Labute approximate surface area is 161 Å². The van der Waals surface area contributed by atoms with Gasteiger partial charge in [0.05, 0.1) is 0 Å². The number of amides is 1. The fraction of sp³-hybridized carbons (Fsp3) is 0.409. The first kappa shape index (κ1) is 17.9. The number of carbonyl (C=O) groups is 1. The van der Waals surface area contributed by atoms with Crippen LogP contribution in [0.25, 0.3) is 0 Å². The Morgan fingerprint density at radius 3 is 2.30 bits per heavy atom. The molecule has 2 aromatic rings. The summed E-state index contributed by atoms with van der Waals surface area (Å²) in [4.78, 5) is 20.7. The van der Waals surface area contributed by atoms with E-state index in [0.717, 1.165) is 45.8 Å². The van der Waals surface area contributed by atoms with Gasteiger partial charge in [-0.25, -0.2) is 0 Å². The maximum Gasteiger partial charge on any atom is 0.219 e. The lowest BCUT2D eigenvalue weighted by Crippen LogP contribution is -2.48. The number of para-hydroxylation sites is 1. The summed E-state index contributed by atoms with van der Waals surface area (Å²) in [5, 5.41) is 0. The van der Waals surface area contributed by atoms with Crippen LogP contribution in [0.5, 0.6) is 0 Å². The summed E-state index contributed by atoms with van der Waals surface area (Å²) in [6.45, 7) is 8.06. The van der Waals surface area contributed by atoms with Crippen molar-refractivity contribution in [2.75, 3.05) is 56.1 Å². The fourth-order valence-corrected chi connectivity index (χ4v) is 4.08. The molecule has 0 radical (unpaired) electrons. The molecule has 2 aliphatic heterocycles. The third-order valence-corrected chi connectivity index (χ3v) is 5.66. The molecule has 0 N–H and O–H groups in total. The fourth-order valence-electron chi connectivity index (χ4n) is 4.08. The Morgan fingerprint density at radius 1 is 0.852 bits per heavy atom. The largest absolute Gasteiger partial charge is 0.368 e. The van der Waals surface area contributed by atoms with Crippen molar-refractivity contribution in [1.29, 1.82) is 0 Å². The standard InChI is InChI=1S/C22H28N4O/c1-18(27)24-11-13-25(14-12-24)21-8-9-22-19(16-21)17-23(2)10-15-26(22)20-6-4-3-5-7-20/h3-9,16H,10-15,17H2,1-2H3. The van der Waals surface area contributed by atoms with E-state index in [1.807, 2.05) is 4.90 Å². The average Bonchev–Trinajstić information content (AvgIpc) is 2.86. The van der Waals surface area contributed by atoms with Crippen molar-refractivity contribution >= 4 is 23.0 Å². The molecule has 0 saturated carbocycles. The van der Waals surface area contributed by atoms with Gasteiger partial charge in [0.2, 0.25) is 5.91 Å². The van der Waals surface area contributed by atoms with Gasteiger partial charge in [-0.2, -0.15) is 0 Å². The molecular formula is C22H28N4O. The molecule has 0 aliphatic carbocycles. The van der Waals surface area contributed by atoms with Gasteiger partial charge >= 0.3 is 0 Å². The second-order valence-corrected chi connectivity index (χ2v) is 7.53. The molecule has 4 rings (SSSR count). The minimum atomic E-state index is 0.178. The Kier molecular flexibility index (Phi) is 5.03. The molecule has 2 aromatic carbocycles. The summed E-state index contributed by atoms with van der Waals surface area (Å²) in [6.07, 6.45) is 0. The van der Waals surface area contributed by atoms with E-state index < -0.39 is 0 Å². The van der Waals surface area contributed by atoms with Crippen molar-refractivity contribution in [1.82, 2.24) is 9.80 Å². The molecule has 0 spiro atoms. The van der Waals surface area contributed by atoms with Crippen molar-refractivity contribution in [2.24, 2.45) is 0 Å². The smallest absolute Gasteiger partial charge is 0.219 e. The van der Waals surface area contributed by atoms with Gasteiger partial charge in [-0.1, -0.05) is 18.2 Å². The monoisotopic (exact) mass is 364 g/mol. The van der Waals surface area contributed by atoms with Crippen molar-refractivity contribution in [3.63, 3.8) is 0 Å². The number of rotatable bonds is 2. The summed E-state index contributed by atoms with van der Waals surface area (Å²) in [7, 11) is 2.19. The van der Waals surface area contributed by atoms with Gasteiger partial charge in [0.25, 0.3) is 0 Å². The lowest BCUT2D eigenvalue weighted by Gasteiger charge is -2.36. The summed E-state index contributed by atoms with van der Waals surface area (Å²) < 4.78 is 0. The topological polar surface area (TPSA) is 30.0 Å². The number of likely N-dealkylation sites (N-methyl/N-ethyl adjacent to an activating group) is 1. The van der Waals surface area contributed by atoms with Crippen LogP contribution in [0, 0.1) is 0 Å². The Hall–Kier alpha value is -2.53. The second-order valence-electron chi connectivity index (χ2n) is 7.53. The summed E-state index contributed by atoms with van der Waals surface area (Å²) >= 11 is 0. The van der Waals surface area contributed by atoms with Crippen LogP contribution < -0.4 is 9.80 Å². The molecule has 0 bridgehead atoms. The molecule has 1 amide bonds. The van der Waals surface area contributed by atoms with E-state index in [1.165, 1.54) is 22.6 Å². The third-order valence-electron chi connectivity index (χ3n) is 5.66. The summed E-state index contributed by atoms with van der Waals surface area (Å²) in [5.74, 6) is 0.178. The molecule has 5 heteroatoms. The molecular weight excluding hydrogens is 336 g/mol. The SMILES string of the molecule is CC(=O)N1CCN(c2ccc3c(c2)CN(C)CCN3c2ccccc2)CC1. The molecule has 27 heavy (non-hydrogen) atoms. The summed E-state index contributed by atoms with van der Waals surface area (Å²) in [6, 6.07) is 17.5. The minimum Gasteiger partial charge on any atom is -0.368 e. The molecule has 0 aromatic heterocycles. The van der Waals surface area contributed by atoms with Crippen LogP contribution in [0.1, 0.15) is 12.5 Å². The van der Waals surface area contributed by atoms with Gasteiger partial charge in [-0.05, 0) is 42.9 Å². The van der Waals surface area contributed by atoms with E-state index in [2.05, 4.69) is 70.3 Å². The van der Waals surface area contributed by atoms with Crippen LogP contribution in [-0.4, -0.2) is 62.0 Å². The normalized spacial score (nSPS) is 18.2. The third kappa shape index (κ3) is 3.78. The zero-order valence-electron chi connectivity index (χ0n) is 16.3. The lowest BCUT2D eigenvalue weighted by atomic mass is 10.1. The first-order valence-electron chi connectivity index (χ1n) is 9.76. The van der Waals surface area contributed by atoms with Gasteiger partial charge in [-0.3, -0.25) is 4.79 Å². The van der Waals surface area contributed by atoms with Crippen LogP contribution in [0.2, 0.25) is 0 Å². The van der Waals surface area contributed by atoms with E-state index in [0.29, 0.717) is 0 Å². The molecule has 2 heterocycles. The number of fused-ring (bicyclic) bond motifs is 1. The summed E-state index contributed by atoms with van der Waals surface area (Å²) in [5.41, 5.74) is 5.18. The highest BCUT2D eigenvalue weighted by Gasteiger charge is 2.23. The lowest BCUT2D eigenvalue weighted by molar-refractivity contribution is -0.129. The molecule has 0 unspecified atom stereocenters. The molecule has 1 fully saturated rings. The first-order valence-corrected chi connectivity index (χ1v) is 9.76. The van der Waals surface area contributed by atoms with E-state index in [-0.39, 0.29) is 5.91 Å². The highest BCUT2D eigenvalue weighted by molar-refractivity contribution is 5.74. The number of carbonyl (C=O) groups excluding carboxylic acids is 1. The van der Waals surface area contributed by atoms with E-state index >= 15 is 0 Å². The molecule has 2 aliphatic rings. The van der Waals surface area contributed by atoms with Gasteiger partial charge < -0.3 is 19.6 Å². The van der Waals surface area contributed by atoms with Gasteiger partial charge in [-0.15, -0.1) is 0 Å². The van der Waals surface area contributed by atoms with Crippen LogP contribution in [0.15, 0.2) is 48.5 Å². The minimum absolute atomic E-state index is 0.178. The highest BCUT2D eigenvalue weighted by Crippen LogP contribution is 2.34. The highest BCUT2D eigenvalue weighted by atomic mass is 16.2. The zero-order chi connectivity index (χ0) is 18.8. The number of anilines is 3. The first-order chi connectivity index (χ1) is 13.1. The molecule has 142 valence electrons. The maximum absolute atomic E-state index is 11.6. The molecule has 5 nitrogen and oxygen atoms in total. The Morgan fingerprint density at radius 2 is 1.59 bits per heavy atom. The maximum atomic E-state index is 11.6. The van der Waals surface area contributed by atoms with Crippen molar-refractivity contribution in [3.05, 3.63) is 54.1 Å². The van der Waals surface area contributed by atoms with Crippen molar-refractivity contribution < 1.29 is 4.79 Å². The Balaban J connectivity index is 1.61. The van der Waals surface area contributed by atoms with Gasteiger partial charge in [0.1, 0.15) is 0 Å². The van der Waals surface area contributed by atoms with Crippen LogP contribution in [-0.2, 0) is 11.3 Å². The number of hydrogen-bond acceptors (Lipinski definition) is 4. The predicted octanol–water partition coefficient (Wildman–Crippen LogP) is 2.94. The van der Waals surface area contributed by atoms with Crippen LogP contribution in [0.3, 0.4) is 0 Å². The quantitative estimate of drug-likeness (QED) is 0.820. The zero-order valence-corrected chi connectivity index (χ0v) is 16.3. The predicted molar refractivity (Wildman–Crippen MR) is 111 cm³/mol. The van der Waals surface area contributed by atoms with Crippen molar-refractivity contribution in [2.45, 2.75) is 13.5 Å². The number of nitrogens with zero attached hydrogens (tertiary/aromatic N) is 4. The van der Waals surface area contributed by atoms with Gasteiger partial charge in [0.15, 0.2) is 0 Å². The van der Waals surface area contributed by atoms with E-state index in [9.17, 15) is 4.79 Å². The second kappa shape index (κ2) is 7.61. The number of benzene rings is 2. The van der Waals surface area contributed by atoms with Crippen molar-refractivity contribution in [3.8, 4) is 0 Å². The molecule has 0 atom stereocenters. The van der Waals surface area contributed by atoms with Gasteiger partial charge in [0, 0.05) is 69.8 Å².